The van der Waals surface area contributed by atoms with E-state index in [0.717, 1.165) is 34.6 Å². The summed E-state index contributed by atoms with van der Waals surface area (Å²) in [5, 5.41) is 0. The number of nitrogens with zero attached hydrogens (tertiary/aromatic N) is 1. The molecule has 0 fully saturated rings. The lowest BCUT2D eigenvalue weighted by atomic mass is 9.78. The minimum atomic E-state index is -3.58. The monoisotopic (exact) mass is 416 g/mol. The standard InChI is InChI=1S/C26H26NO2S/c1-5-27-24-17-16-22(30(28,29)21-14-10-7-11-15-21)18-23(24)26(3,4)25(27)19(2)20-12-8-6-9-13-20/h6-18H,2,5H2,1,3-4H3/q+1. The quantitative estimate of drug-likeness (QED) is 0.506. The molecule has 0 N–H and O–H groups in total. The Bertz CT molecular complexity index is 1250. The van der Waals surface area contributed by atoms with Crippen molar-refractivity contribution in [2.45, 2.75) is 36.0 Å². The summed E-state index contributed by atoms with van der Waals surface area (Å²) in [7, 11) is -3.58. The maximum atomic E-state index is 13.2. The molecule has 0 atom stereocenters. The molecule has 0 radical (unpaired) electrons. The molecule has 0 saturated carbocycles. The number of rotatable bonds is 5. The van der Waals surface area contributed by atoms with Crippen molar-refractivity contribution < 1.29 is 13.0 Å². The van der Waals surface area contributed by atoms with E-state index in [4.69, 9.17) is 0 Å². The summed E-state index contributed by atoms with van der Waals surface area (Å²) in [6, 6.07) is 24.2. The van der Waals surface area contributed by atoms with Gasteiger partial charge in [-0.25, -0.2) is 8.42 Å². The van der Waals surface area contributed by atoms with Crippen LogP contribution in [-0.4, -0.2) is 25.2 Å². The van der Waals surface area contributed by atoms with Crippen molar-refractivity contribution in [2.75, 3.05) is 6.54 Å². The summed E-state index contributed by atoms with van der Waals surface area (Å²) in [6.45, 7) is 11.6. The molecule has 30 heavy (non-hydrogen) atoms. The van der Waals surface area contributed by atoms with E-state index in [0.29, 0.717) is 9.79 Å². The molecular formula is C26H26NO2S+. The minimum Gasteiger partial charge on any atom is -0.219 e. The lowest BCUT2D eigenvalue weighted by Gasteiger charge is -2.20. The first kappa shape index (κ1) is 20.3. The highest BCUT2D eigenvalue weighted by Gasteiger charge is 2.47. The van der Waals surface area contributed by atoms with Crippen molar-refractivity contribution in [1.82, 2.24) is 0 Å². The largest absolute Gasteiger partial charge is 0.219 e. The van der Waals surface area contributed by atoms with Crippen molar-refractivity contribution in [3.63, 3.8) is 0 Å². The average molecular weight is 417 g/mol. The number of fused-ring (bicyclic) bond motifs is 1. The summed E-state index contributed by atoms with van der Waals surface area (Å²) >= 11 is 0. The Morgan fingerprint density at radius 2 is 1.50 bits per heavy atom. The van der Waals surface area contributed by atoms with E-state index in [2.05, 4.69) is 44.1 Å². The molecule has 0 aliphatic carbocycles. The average Bonchev–Trinajstić information content (AvgIpc) is 3.00. The first-order valence-corrected chi connectivity index (χ1v) is 11.6. The zero-order valence-corrected chi connectivity index (χ0v) is 18.4. The van der Waals surface area contributed by atoms with Crippen LogP contribution in [0.4, 0.5) is 5.69 Å². The van der Waals surface area contributed by atoms with E-state index in [1.54, 1.807) is 30.3 Å². The second kappa shape index (κ2) is 7.37. The molecule has 0 spiro atoms. The van der Waals surface area contributed by atoms with Crippen LogP contribution in [0.25, 0.3) is 5.57 Å². The van der Waals surface area contributed by atoms with Gasteiger partial charge in [0.2, 0.25) is 15.5 Å². The number of sulfone groups is 1. The zero-order valence-electron chi connectivity index (χ0n) is 17.6. The van der Waals surface area contributed by atoms with E-state index < -0.39 is 9.84 Å². The van der Waals surface area contributed by atoms with E-state index in [1.165, 1.54) is 0 Å². The van der Waals surface area contributed by atoms with Crippen molar-refractivity contribution in [1.29, 1.82) is 0 Å². The van der Waals surface area contributed by atoms with Gasteiger partial charge in [-0.3, -0.25) is 0 Å². The van der Waals surface area contributed by atoms with Crippen LogP contribution in [0.15, 0.2) is 95.2 Å². The molecule has 0 unspecified atom stereocenters. The summed E-state index contributed by atoms with van der Waals surface area (Å²) in [5.74, 6) is 0. The lowest BCUT2D eigenvalue weighted by Crippen LogP contribution is -2.30. The van der Waals surface area contributed by atoms with Crippen LogP contribution < -0.4 is 0 Å². The van der Waals surface area contributed by atoms with Gasteiger partial charge < -0.3 is 0 Å². The third-order valence-corrected chi connectivity index (χ3v) is 7.65. The van der Waals surface area contributed by atoms with Gasteiger partial charge in [-0.1, -0.05) is 55.1 Å². The third kappa shape index (κ3) is 3.12. The van der Waals surface area contributed by atoms with Crippen molar-refractivity contribution in [2.24, 2.45) is 0 Å². The first-order valence-electron chi connectivity index (χ1n) is 10.1. The highest BCUT2D eigenvalue weighted by Crippen LogP contribution is 2.44. The van der Waals surface area contributed by atoms with Gasteiger partial charge in [0.1, 0.15) is 6.54 Å². The molecule has 3 aromatic rings. The number of hydrogen-bond acceptors (Lipinski definition) is 2. The molecule has 3 nitrogen and oxygen atoms in total. The molecule has 4 rings (SSSR count). The lowest BCUT2D eigenvalue weighted by molar-refractivity contribution is -0.432. The van der Waals surface area contributed by atoms with Crippen molar-refractivity contribution >= 4 is 26.8 Å². The first-order chi connectivity index (χ1) is 14.3. The van der Waals surface area contributed by atoms with Gasteiger partial charge in [-0.2, -0.15) is 4.58 Å². The normalized spacial score (nSPS) is 15.2. The molecule has 3 aromatic carbocycles. The highest BCUT2D eigenvalue weighted by molar-refractivity contribution is 7.91. The fraction of sp³-hybridized carbons (Fsp3) is 0.192. The maximum absolute atomic E-state index is 13.2. The molecule has 1 heterocycles. The van der Waals surface area contributed by atoms with Crippen LogP contribution in [-0.2, 0) is 15.3 Å². The van der Waals surface area contributed by atoms with Gasteiger partial charge in [-0.15, -0.1) is 0 Å². The van der Waals surface area contributed by atoms with E-state index in [-0.39, 0.29) is 5.41 Å². The van der Waals surface area contributed by atoms with Gasteiger partial charge in [0.15, 0.2) is 5.71 Å². The molecule has 0 bridgehead atoms. The van der Waals surface area contributed by atoms with E-state index in [9.17, 15) is 8.42 Å². The van der Waals surface area contributed by atoms with Crippen LogP contribution in [0.2, 0.25) is 0 Å². The topological polar surface area (TPSA) is 37.1 Å². The van der Waals surface area contributed by atoms with Crippen LogP contribution in [0, 0.1) is 0 Å². The number of allylic oxidation sites excluding steroid dienone is 1. The van der Waals surface area contributed by atoms with Crippen molar-refractivity contribution in [3.8, 4) is 0 Å². The second-order valence-corrected chi connectivity index (χ2v) is 10.0. The molecule has 0 amide bonds. The summed E-state index contributed by atoms with van der Waals surface area (Å²) in [6.07, 6.45) is 0. The molecule has 4 heteroatoms. The van der Waals surface area contributed by atoms with Gasteiger partial charge in [-0.05, 0) is 50.6 Å². The minimum absolute atomic E-state index is 0.311. The summed E-state index contributed by atoms with van der Waals surface area (Å²) in [4.78, 5) is 0.633. The highest BCUT2D eigenvalue weighted by atomic mass is 32.2. The molecule has 0 saturated heterocycles. The number of hydrogen-bond donors (Lipinski definition) is 0. The smallest absolute Gasteiger partial charge is 0.209 e. The fourth-order valence-corrected chi connectivity index (χ4v) is 5.69. The van der Waals surface area contributed by atoms with Crippen LogP contribution in [0.1, 0.15) is 31.9 Å². The molecule has 1 aliphatic heterocycles. The predicted octanol–water partition coefficient (Wildman–Crippen LogP) is 5.63. The Labute approximate surface area is 179 Å². The van der Waals surface area contributed by atoms with E-state index in [1.807, 2.05) is 36.4 Å². The summed E-state index contributed by atoms with van der Waals surface area (Å²) < 4.78 is 28.6. The SMILES string of the molecule is C=C(C1=[N+](CC)c2ccc(S(=O)(=O)c3ccccc3)cc2C1(C)C)c1ccccc1. The fourth-order valence-electron chi connectivity index (χ4n) is 4.38. The third-order valence-electron chi connectivity index (χ3n) is 5.88. The Kier molecular flexibility index (Phi) is 4.99. The van der Waals surface area contributed by atoms with Crippen LogP contribution in [0.3, 0.4) is 0 Å². The molecule has 152 valence electrons. The Balaban J connectivity index is 1.85. The predicted molar refractivity (Wildman–Crippen MR) is 122 cm³/mol. The Morgan fingerprint density at radius 1 is 0.900 bits per heavy atom. The van der Waals surface area contributed by atoms with Crippen molar-refractivity contribution in [3.05, 3.63) is 96.6 Å². The Morgan fingerprint density at radius 3 is 2.10 bits per heavy atom. The van der Waals surface area contributed by atoms with Crippen LogP contribution >= 0.6 is 0 Å². The Hall–Kier alpha value is -2.98. The maximum Gasteiger partial charge on any atom is 0.209 e. The molecule has 1 aliphatic rings. The van der Waals surface area contributed by atoms with E-state index >= 15 is 0 Å². The summed E-state index contributed by atoms with van der Waals surface area (Å²) in [5.41, 5.74) is 4.83. The molecular weight excluding hydrogens is 390 g/mol. The van der Waals surface area contributed by atoms with Gasteiger partial charge >= 0.3 is 0 Å². The second-order valence-electron chi connectivity index (χ2n) is 8.06. The van der Waals surface area contributed by atoms with Gasteiger partial charge in [0.25, 0.3) is 0 Å². The van der Waals surface area contributed by atoms with Crippen LogP contribution in [0.5, 0.6) is 0 Å². The number of benzene rings is 3. The zero-order chi connectivity index (χ0) is 21.5. The van der Waals surface area contributed by atoms with Gasteiger partial charge in [0.05, 0.1) is 15.2 Å². The molecule has 0 aromatic heterocycles. The van der Waals surface area contributed by atoms with Gasteiger partial charge in [0, 0.05) is 17.2 Å².